The molecule has 0 amide bonds. The average Bonchev–Trinajstić information content (AvgIpc) is 2.88. The van der Waals surface area contributed by atoms with E-state index in [0.29, 0.717) is 12.0 Å². The zero-order valence-corrected chi connectivity index (χ0v) is 8.25. The molecule has 2 aliphatic rings. The van der Waals surface area contributed by atoms with Gasteiger partial charge in [0.15, 0.2) is 0 Å². The van der Waals surface area contributed by atoms with E-state index in [1.54, 1.807) is 0 Å². The van der Waals surface area contributed by atoms with Crippen LogP contribution in [-0.2, 0) is 4.74 Å². The Kier molecular flexibility index (Phi) is 2.54. The summed E-state index contributed by atoms with van der Waals surface area (Å²) in [4.78, 5) is 2.20. The molecule has 1 aliphatic carbocycles. The molecule has 2 rings (SSSR count). The zero-order chi connectivity index (χ0) is 9.26. The van der Waals surface area contributed by atoms with Crippen molar-refractivity contribution in [3.05, 3.63) is 0 Å². The standard InChI is InChI=1S/C10H18N2O/c1-8-7-12(5-2-6-13-8)10(11)9-3-4-9/h8-9,11H,2-7H2,1H3. The normalized spacial score (nSPS) is 29.9. The summed E-state index contributed by atoms with van der Waals surface area (Å²) in [6.07, 6.45) is 3.82. The molecule has 1 saturated heterocycles. The number of hydrogen-bond acceptors (Lipinski definition) is 2. The summed E-state index contributed by atoms with van der Waals surface area (Å²) in [5.74, 6) is 1.43. The van der Waals surface area contributed by atoms with Gasteiger partial charge in [0.1, 0.15) is 0 Å². The van der Waals surface area contributed by atoms with Gasteiger partial charge in [-0.25, -0.2) is 0 Å². The number of ether oxygens (including phenoxy) is 1. The van der Waals surface area contributed by atoms with Gasteiger partial charge in [-0.1, -0.05) is 0 Å². The molecular weight excluding hydrogens is 164 g/mol. The number of rotatable bonds is 1. The van der Waals surface area contributed by atoms with Crippen molar-refractivity contribution in [1.82, 2.24) is 4.90 Å². The molecule has 1 N–H and O–H groups in total. The summed E-state index contributed by atoms with van der Waals surface area (Å²) in [6.45, 7) is 4.88. The summed E-state index contributed by atoms with van der Waals surface area (Å²) in [5, 5.41) is 7.96. The zero-order valence-electron chi connectivity index (χ0n) is 8.25. The van der Waals surface area contributed by atoms with Gasteiger partial charge in [0.2, 0.25) is 0 Å². The molecule has 3 nitrogen and oxygen atoms in total. The van der Waals surface area contributed by atoms with Crippen molar-refractivity contribution >= 4 is 5.84 Å². The van der Waals surface area contributed by atoms with E-state index < -0.39 is 0 Å². The van der Waals surface area contributed by atoms with Gasteiger partial charge < -0.3 is 9.64 Å². The molecule has 1 heterocycles. The van der Waals surface area contributed by atoms with Crippen molar-refractivity contribution in [3.63, 3.8) is 0 Å². The minimum atomic E-state index is 0.293. The minimum absolute atomic E-state index is 0.293. The van der Waals surface area contributed by atoms with E-state index in [1.807, 2.05) is 0 Å². The van der Waals surface area contributed by atoms with Crippen molar-refractivity contribution in [1.29, 1.82) is 5.41 Å². The van der Waals surface area contributed by atoms with Crippen LogP contribution in [-0.4, -0.2) is 36.5 Å². The first-order valence-electron chi connectivity index (χ1n) is 5.22. The van der Waals surface area contributed by atoms with Crippen LogP contribution in [0.15, 0.2) is 0 Å². The Hall–Kier alpha value is -0.570. The van der Waals surface area contributed by atoms with Crippen LogP contribution in [0.25, 0.3) is 0 Å². The third kappa shape index (κ3) is 2.21. The van der Waals surface area contributed by atoms with Crippen LogP contribution in [0.5, 0.6) is 0 Å². The van der Waals surface area contributed by atoms with Gasteiger partial charge in [0.25, 0.3) is 0 Å². The predicted molar refractivity (Wildman–Crippen MR) is 52.1 cm³/mol. The molecule has 1 atom stereocenters. The van der Waals surface area contributed by atoms with Crippen LogP contribution in [0.3, 0.4) is 0 Å². The molecule has 1 saturated carbocycles. The summed E-state index contributed by atoms with van der Waals surface area (Å²) < 4.78 is 5.55. The van der Waals surface area contributed by atoms with Crippen LogP contribution in [0.4, 0.5) is 0 Å². The van der Waals surface area contributed by atoms with Crippen molar-refractivity contribution in [3.8, 4) is 0 Å². The van der Waals surface area contributed by atoms with Gasteiger partial charge in [0, 0.05) is 25.6 Å². The van der Waals surface area contributed by atoms with E-state index in [-0.39, 0.29) is 0 Å². The lowest BCUT2D eigenvalue weighted by atomic mass is 10.3. The van der Waals surface area contributed by atoms with Crippen LogP contribution in [0.1, 0.15) is 26.2 Å². The van der Waals surface area contributed by atoms with Crippen LogP contribution in [0.2, 0.25) is 0 Å². The average molecular weight is 182 g/mol. The van der Waals surface area contributed by atoms with Crippen molar-refractivity contribution in [2.24, 2.45) is 5.92 Å². The van der Waals surface area contributed by atoms with E-state index in [9.17, 15) is 0 Å². The van der Waals surface area contributed by atoms with E-state index in [2.05, 4.69) is 11.8 Å². The lowest BCUT2D eigenvalue weighted by Crippen LogP contribution is -2.36. The molecule has 1 unspecified atom stereocenters. The van der Waals surface area contributed by atoms with Crippen LogP contribution >= 0.6 is 0 Å². The second-order valence-electron chi connectivity index (χ2n) is 4.14. The molecule has 3 heteroatoms. The fourth-order valence-electron chi connectivity index (χ4n) is 1.83. The Morgan fingerprint density at radius 1 is 1.46 bits per heavy atom. The first-order valence-corrected chi connectivity index (χ1v) is 5.22. The lowest BCUT2D eigenvalue weighted by molar-refractivity contribution is 0.0741. The third-order valence-corrected chi connectivity index (χ3v) is 2.76. The highest BCUT2D eigenvalue weighted by Gasteiger charge is 2.31. The summed E-state index contributed by atoms with van der Waals surface area (Å²) in [7, 11) is 0. The SMILES string of the molecule is CC1CN(C(=N)C2CC2)CCCO1. The van der Waals surface area contributed by atoms with Crippen LogP contribution in [0, 0.1) is 11.3 Å². The van der Waals surface area contributed by atoms with Crippen molar-refractivity contribution < 1.29 is 4.74 Å². The van der Waals surface area contributed by atoms with Gasteiger partial charge in [0.05, 0.1) is 11.9 Å². The molecule has 2 fully saturated rings. The summed E-state index contributed by atoms with van der Waals surface area (Å²) in [6, 6.07) is 0. The number of amidine groups is 1. The Bertz CT molecular complexity index is 201. The smallest absolute Gasteiger partial charge is 0.0990 e. The van der Waals surface area contributed by atoms with Crippen LogP contribution < -0.4 is 0 Å². The maximum Gasteiger partial charge on any atom is 0.0990 e. The Balaban J connectivity index is 1.91. The fraction of sp³-hybridized carbons (Fsp3) is 0.900. The Labute approximate surface area is 79.6 Å². The molecule has 1 aliphatic heterocycles. The Morgan fingerprint density at radius 2 is 2.23 bits per heavy atom. The quantitative estimate of drug-likeness (QED) is 0.492. The number of nitrogens with zero attached hydrogens (tertiary/aromatic N) is 1. The third-order valence-electron chi connectivity index (χ3n) is 2.76. The van der Waals surface area contributed by atoms with E-state index in [4.69, 9.17) is 10.1 Å². The maximum absolute atomic E-state index is 7.96. The number of hydrogen-bond donors (Lipinski definition) is 1. The Morgan fingerprint density at radius 3 is 2.92 bits per heavy atom. The molecule has 13 heavy (non-hydrogen) atoms. The summed E-state index contributed by atoms with van der Waals surface area (Å²) in [5.41, 5.74) is 0. The van der Waals surface area contributed by atoms with Crippen molar-refractivity contribution in [2.75, 3.05) is 19.7 Å². The van der Waals surface area contributed by atoms with E-state index >= 15 is 0 Å². The maximum atomic E-state index is 7.96. The van der Waals surface area contributed by atoms with E-state index in [1.165, 1.54) is 12.8 Å². The first kappa shape index (κ1) is 9.00. The molecule has 0 bridgehead atoms. The number of nitrogens with one attached hydrogen (secondary N) is 1. The lowest BCUT2D eigenvalue weighted by Gasteiger charge is -2.24. The highest BCUT2D eigenvalue weighted by Crippen LogP contribution is 2.31. The molecule has 74 valence electrons. The molecular formula is C10H18N2O. The molecule has 0 radical (unpaired) electrons. The van der Waals surface area contributed by atoms with Gasteiger partial charge in [-0.15, -0.1) is 0 Å². The largest absolute Gasteiger partial charge is 0.377 e. The van der Waals surface area contributed by atoms with Gasteiger partial charge >= 0.3 is 0 Å². The second-order valence-corrected chi connectivity index (χ2v) is 4.14. The second kappa shape index (κ2) is 3.66. The highest BCUT2D eigenvalue weighted by molar-refractivity contribution is 5.83. The van der Waals surface area contributed by atoms with Crippen molar-refractivity contribution in [2.45, 2.75) is 32.3 Å². The predicted octanol–water partition coefficient (Wildman–Crippen LogP) is 1.48. The highest BCUT2D eigenvalue weighted by atomic mass is 16.5. The van der Waals surface area contributed by atoms with Gasteiger partial charge in [-0.3, -0.25) is 5.41 Å². The monoisotopic (exact) mass is 182 g/mol. The first-order chi connectivity index (χ1) is 6.27. The summed E-state index contributed by atoms with van der Waals surface area (Å²) >= 11 is 0. The molecule has 0 spiro atoms. The fourth-order valence-corrected chi connectivity index (χ4v) is 1.83. The topological polar surface area (TPSA) is 36.3 Å². The molecule has 0 aromatic heterocycles. The van der Waals surface area contributed by atoms with Gasteiger partial charge in [-0.05, 0) is 26.2 Å². The molecule has 0 aromatic rings. The molecule has 0 aromatic carbocycles. The minimum Gasteiger partial charge on any atom is -0.377 e. The van der Waals surface area contributed by atoms with Gasteiger partial charge in [-0.2, -0.15) is 0 Å². The van der Waals surface area contributed by atoms with E-state index in [0.717, 1.165) is 32.0 Å².